The fourth-order valence-electron chi connectivity index (χ4n) is 3.55. The first-order valence-corrected chi connectivity index (χ1v) is 10.8. The van der Waals surface area contributed by atoms with Crippen LogP contribution in [0.3, 0.4) is 0 Å². The molecule has 2 N–H and O–H groups in total. The van der Waals surface area contributed by atoms with E-state index in [1.54, 1.807) is 0 Å². The van der Waals surface area contributed by atoms with E-state index < -0.39 is 0 Å². The highest BCUT2D eigenvalue weighted by atomic mass is 16.1. The molecule has 1 unspecified atom stereocenters. The van der Waals surface area contributed by atoms with E-state index in [0.29, 0.717) is 0 Å². The van der Waals surface area contributed by atoms with E-state index in [9.17, 15) is 4.79 Å². The van der Waals surface area contributed by atoms with Gasteiger partial charge in [0.1, 0.15) is 0 Å². The van der Waals surface area contributed by atoms with Gasteiger partial charge in [-0.05, 0) is 19.4 Å². The molecular weight excluding hydrogens is 296 g/mol. The van der Waals surface area contributed by atoms with E-state index in [0.717, 1.165) is 32.5 Å². The lowest BCUT2D eigenvalue weighted by atomic mass is 10.0. The molecule has 1 fully saturated rings. The largest absolute Gasteiger partial charge is 0.356 e. The monoisotopic (exact) mass is 338 g/mol. The maximum Gasteiger partial charge on any atom is 0.224 e. The van der Waals surface area contributed by atoms with Gasteiger partial charge in [-0.2, -0.15) is 0 Å². The van der Waals surface area contributed by atoms with Crippen LogP contribution in [0.4, 0.5) is 0 Å². The van der Waals surface area contributed by atoms with Crippen molar-refractivity contribution in [2.24, 2.45) is 5.92 Å². The van der Waals surface area contributed by atoms with Crippen LogP contribution in [0.1, 0.15) is 103 Å². The van der Waals surface area contributed by atoms with Crippen LogP contribution in [0.25, 0.3) is 0 Å². The van der Waals surface area contributed by atoms with Crippen molar-refractivity contribution in [2.75, 3.05) is 19.6 Å². The van der Waals surface area contributed by atoms with E-state index in [2.05, 4.69) is 17.6 Å². The summed E-state index contributed by atoms with van der Waals surface area (Å²) in [4.78, 5) is 11.8. The van der Waals surface area contributed by atoms with Gasteiger partial charge >= 0.3 is 0 Å². The lowest BCUT2D eigenvalue weighted by Crippen LogP contribution is -2.32. The summed E-state index contributed by atoms with van der Waals surface area (Å²) >= 11 is 0. The first-order valence-electron chi connectivity index (χ1n) is 10.8. The molecule has 0 aromatic heterocycles. The molecule has 0 aliphatic carbocycles. The van der Waals surface area contributed by atoms with Gasteiger partial charge < -0.3 is 10.6 Å². The van der Waals surface area contributed by atoms with Crippen LogP contribution in [-0.2, 0) is 4.79 Å². The van der Waals surface area contributed by atoms with Gasteiger partial charge in [-0.15, -0.1) is 0 Å². The number of carbonyl (C=O) groups is 1. The molecule has 142 valence electrons. The maximum absolute atomic E-state index is 11.8. The zero-order valence-electron chi connectivity index (χ0n) is 16.2. The number of carbonyl (C=O) groups excluding carboxylic acids is 1. The number of rotatable bonds is 16. The Kier molecular flexibility index (Phi) is 14.3. The minimum absolute atomic E-state index is 0.219. The Morgan fingerprint density at radius 1 is 0.833 bits per heavy atom. The minimum Gasteiger partial charge on any atom is -0.356 e. The maximum atomic E-state index is 11.8. The Hall–Kier alpha value is -0.570. The minimum atomic E-state index is 0.219. The van der Waals surface area contributed by atoms with Gasteiger partial charge in [-0.1, -0.05) is 90.4 Å². The van der Waals surface area contributed by atoms with Crippen LogP contribution < -0.4 is 10.6 Å². The average molecular weight is 339 g/mol. The van der Waals surface area contributed by atoms with Crippen LogP contribution >= 0.6 is 0 Å². The van der Waals surface area contributed by atoms with Crippen LogP contribution in [0.15, 0.2) is 0 Å². The van der Waals surface area contributed by atoms with Crippen molar-refractivity contribution in [1.82, 2.24) is 10.6 Å². The molecule has 1 rings (SSSR count). The highest BCUT2D eigenvalue weighted by Gasteiger charge is 2.21. The van der Waals surface area contributed by atoms with Crippen LogP contribution in [0, 0.1) is 5.92 Å². The summed E-state index contributed by atoms with van der Waals surface area (Å²) in [5, 5.41) is 6.34. The number of hydrogen-bond acceptors (Lipinski definition) is 2. The van der Waals surface area contributed by atoms with Crippen molar-refractivity contribution >= 4 is 5.91 Å². The van der Waals surface area contributed by atoms with Gasteiger partial charge in [0, 0.05) is 13.1 Å². The molecule has 0 aromatic carbocycles. The van der Waals surface area contributed by atoms with Crippen molar-refractivity contribution in [2.45, 2.75) is 103 Å². The fourth-order valence-corrected chi connectivity index (χ4v) is 3.55. The van der Waals surface area contributed by atoms with Crippen LogP contribution in [0.2, 0.25) is 0 Å². The molecule has 0 bridgehead atoms. The zero-order chi connectivity index (χ0) is 17.3. The third-order valence-corrected chi connectivity index (χ3v) is 5.26. The summed E-state index contributed by atoms with van der Waals surface area (Å²) in [6.45, 7) is 5.01. The summed E-state index contributed by atoms with van der Waals surface area (Å²) in [6.07, 6.45) is 20.3. The van der Waals surface area contributed by atoms with Crippen molar-refractivity contribution in [3.8, 4) is 0 Å². The smallest absolute Gasteiger partial charge is 0.224 e. The van der Waals surface area contributed by atoms with E-state index >= 15 is 0 Å². The second kappa shape index (κ2) is 15.9. The van der Waals surface area contributed by atoms with Crippen molar-refractivity contribution in [1.29, 1.82) is 0 Å². The molecule has 0 spiro atoms. The van der Waals surface area contributed by atoms with E-state index in [-0.39, 0.29) is 11.8 Å². The Labute approximate surface area is 150 Å². The number of unbranched alkanes of at least 4 members (excludes halogenated alkanes) is 13. The van der Waals surface area contributed by atoms with Gasteiger partial charge in [-0.25, -0.2) is 0 Å². The fraction of sp³-hybridized carbons (Fsp3) is 0.952. The highest BCUT2D eigenvalue weighted by Crippen LogP contribution is 2.13. The van der Waals surface area contributed by atoms with Gasteiger partial charge in [0.2, 0.25) is 5.91 Å². The van der Waals surface area contributed by atoms with Crippen molar-refractivity contribution < 1.29 is 4.79 Å². The Balaban J connectivity index is 1.71. The van der Waals surface area contributed by atoms with Crippen LogP contribution in [-0.4, -0.2) is 25.5 Å². The second-order valence-corrected chi connectivity index (χ2v) is 7.58. The molecule has 1 saturated heterocycles. The zero-order valence-corrected chi connectivity index (χ0v) is 16.2. The Bertz CT molecular complexity index is 288. The van der Waals surface area contributed by atoms with Gasteiger partial charge in [0.25, 0.3) is 0 Å². The lowest BCUT2D eigenvalue weighted by molar-refractivity contribution is -0.124. The molecule has 1 aliphatic rings. The van der Waals surface area contributed by atoms with Crippen molar-refractivity contribution in [3.63, 3.8) is 0 Å². The third-order valence-electron chi connectivity index (χ3n) is 5.26. The Morgan fingerprint density at radius 3 is 1.79 bits per heavy atom. The SMILES string of the molecule is CCCCCCCCCCCCCCCCNC(=O)C1CCNC1. The summed E-state index contributed by atoms with van der Waals surface area (Å²) in [7, 11) is 0. The summed E-state index contributed by atoms with van der Waals surface area (Å²) in [6, 6.07) is 0. The molecule has 1 atom stereocenters. The lowest BCUT2D eigenvalue weighted by Gasteiger charge is -2.09. The van der Waals surface area contributed by atoms with E-state index in [1.165, 1.54) is 83.5 Å². The molecule has 1 amide bonds. The third kappa shape index (κ3) is 11.9. The summed E-state index contributed by atoms with van der Waals surface area (Å²) < 4.78 is 0. The molecule has 0 radical (unpaired) electrons. The molecule has 1 heterocycles. The average Bonchev–Trinajstić information content (AvgIpc) is 3.13. The predicted molar refractivity (Wildman–Crippen MR) is 104 cm³/mol. The van der Waals surface area contributed by atoms with E-state index in [4.69, 9.17) is 0 Å². The molecule has 1 aliphatic heterocycles. The van der Waals surface area contributed by atoms with E-state index in [1.807, 2.05) is 0 Å². The van der Waals surface area contributed by atoms with Gasteiger partial charge in [0.15, 0.2) is 0 Å². The normalized spacial score (nSPS) is 17.3. The molecule has 3 nitrogen and oxygen atoms in total. The topological polar surface area (TPSA) is 41.1 Å². The Morgan fingerprint density at radius 2 is 1.33 bits per heavy atom. The van der Waals surface area contributed by atoms with Crippen LogP contribution in [0.5, 0.6) is 0 Å². The quantitative estimate of drug-likeness (QED) is 0.380. The number of nitrogens with one attached hydrogen (secondary N) is 2. The van der Waals surface area contributed by atoms with Gasteiger partial charge in [0.05, 0.1) is 5.92 Å². The summed E-state index contributed by atoms with van der Waals surface area (Å²) in [5.74, 6) is 0.478. The van der Waals surface area contributed by atoms with Crippen molar-refractivity contribution in [3.05, 3.63) is 0 Å². The first kappa shape index (κ1) is 21.5. The molecule has 24 heavy (non-hydrogen) atoms. The first-order chi connectivity index (χ1) is 11.8. The molecule has 0 aromatic rings. The number of amides is 1. The standard InChI is InChI=1S/C21H42N2O/c1-2-3-4-5-6-7-8-9-10-11-12-13-14-15-17-23-21(24)20-16-18-22-19-20/h20,22H,2-19H2,1H3,(H,23,24). The molecular formula is C21H42N2O. The highest BCUT2D eigenvalue weighted by molar-refractivity contribution is 5.79. The van der Waals surface area contributed by atoms with Gasteiger partial charge in [-0.3, -0.25) is 4.79 Å². The summed E-state index contributed by atoms with van der Waals surface area (Å²) in [5.41, 5.74) is 0. The second-order valence-electron chi connectivity index (χ2n) is 7.58. The number of hydrogen-bond donors (Lipinski definition) is 2. The molecule has 3 heteroatoms. The molecule has 0 saturated carbocycles. The predicted octanol–water partition coefficient (Wildman–Crippen LogP) is 5.19.